The van der Waals surface area contributed by atoms with E-state index in [-0.39, 0.29) is 6.03 Å². The lowest BCUT2D eigenvalue weighted by Gasteiger charge is -2.36. The number of carbonyl (C=O) groups excluding carboxylic acids is 1. The van der Waals surface area contributed by atoms with Gasteiger partial charge in [-0.2, -0.15) is 0 Å². The number of para-hydroxylation sites is 1. The van der Waals surface area contributed by atoms with Gasteiger partial charge in [0.2, 0.25) is 0 Å². The predicted octanol–water partition coefficient (Wildman–Crippen LogP) is 5.69. The molecule has 1 aliphatic carbocycles. The van der Waals surface area contributed by atoms with Crippen LogP contribution in [0.3, 0.4) is 0 Å². The van der Waals surface area contributed by atoms with Gasteiger partial charge in [-0.15, -0.1) is 11.3 Å². The number of amides is 2. The van der Waals surface area contributed by atoms with Crippen molar-refractivity contribution < 1.29 is 4.79 Å². The summed E-state index contributed by atoms with van der Waals surface area (Å²) in [6, 6.07) is 8.04. The molecule has 1 aromatic carbocycles. The number of benzene rings is 1. The molecule has 2 aromatic heterocycles. The zero-order chi connectivity index (χ0) is 23.7. The number of hydrogen-bond acceptors (Lipinski definition) is 5. The van der Waals surface area contributed by atoms with E-state index >= 15 is 0 Å². The van der Waals surface area contributed by atoms with Crippen LogP contribution in [-0.2, 0) is 25.7 Å². The number of fused-ring (bicyclic) bond motifs is 3. The van der Waals surface area contributed by atoms with Gasteiger partial charge in [0.05, 0.1) is 5.39 Å². The van der Waals surface area contributed by atoms with Crippen LogP contribution in [0.2, 0.25) is 0 Å². The van der Waals surface area contributed by atoms with Crippen LogP contribution in [0, 0.1) is 5.92 Å². The summed E-state index contributed by atoms with van der Waals surface area (Å²) < 4.78 is 0. The van der Waals surface area contributed by atoms with Gasteiger partial charge in [-0.3, -0.25) is 0 Å². The zero-order valence-corrected chi connectivity index (χ0v) is 21.4. The van der Waals surface area contributed by atoms with Gasteiger partial charge < -0.3 is 15.1 Å². The van der Waals surface area contributed by atoms with Crippen molar-refractivity contribution in [3.63, 3.8) is 0 Å². The number of nitrogens with one attached hydrogen (secondary N) is 1. The molecule has 3 aromatic rings. The van der Waals surface area contributed by atoms with E-state index in [4.69, 9.17) is 9.97 Å². The Morgan fingerprint density at radius 2 is 1.94 bits per heavy atom. The van der Waals surface area contributed by atoms with Gasteiger partial charge in [-0.25, -0.2) is 14.8 Å². The fourth-order valence-electron chi connectivity index (χ4n) is 5.20. The SMILES string of the molecule is CCCc1nc(N2CCN(C(=O)Nc3ccccc3CC)CC2)c2c3c(sc2n1)C[C@@H](C)CC3. The van der Waals surface area contributed by atoms with E-state index < -0.39 is 0 Å². The highest BCUT2D eigenvalue weighted by molar-refractivity contribution is 7.19. The molecule has 1 fully saturated rings. The van der Waals surface area contributed by atoms with E-state index in [9.17, 15) is 4.79 Å². The first kappa shape index (κ1) is 23.1. The third-order valence-corrected chi connectivity index (χ3v) is 8.31. The average Bonchev–Trinajstić information content (AvgIpc) is 3.21. The molecule has 1 atom stereocenters. The second-order valence-corrected chi connectivity index (χ2v) is 10.7. The van der Waals surface area contributed by atoms with Crippen LogP contribution in [0.4, 0.5) is 16.3 Å². The van der Waals surface area contributed by atoms with Crippen molar-refractivity contribution in [2.45, 2.75) is 59.3 Å². The third kappa shape index (κ3) is 4.50. The quantitative estimate of drug-likeness (QED) is 0.513. The molecule has 3 heterocycles. The van der Waals surface area contributed by atoms with E-state index in [1.165, 1.54) is 22.2 Å². The summed E-state index contributed by atoms with van der Waals surface area (Å²) in [7, 11) is 0. The predicted molar refractivity (Wildman–Crippen MR) is 141 cm³/mol. The summed E-state index contributed by atoms with van der Waals surface area (Å²) in [5.74, 6) is 2.79. The molecule has 2 amide bonds. The summed E-state index contributed by atoms with van der Waals surface area (Å²) >= 11 is 1.88. The number of nitrogens with zero attached hydrogens (tertiary/aromatic N) is 4. The number of hydrogen-bond donors (Lipinski definition) is 1. The summed E-state index contributed by atoms with van der Waals surface area (Å²) in [6.45, 7) is 9.62. The number of thiophene rings is 1. The maximum absolute atomic E-state index is 13.0. The Morgan fingerprint density at radius 1 is 1.15 bits per heavy atom. The van der Waals surface area contributed by atoms with Crippen LogP contribution in [0.25, 0.3) is 10.2 Å². The first-order valence-corrected chi connectivity index (χ1v) is 13.6. The van der Waals surface area contributed by atoms with Crippen LogP contribution >= 0.6 is 11.3 Å². The van der Waals surface area contributed by atoms with Gasteiger partial charge in [0.1, 0.15) is 16.5 Å². The highest BCUT2D eigenvalue weighted by Gasteiger charge is 2.28. The highest BCUT2D eigenvalue weighted by Crippen LogP contribution is 2.41. The molecular weight excluding hydrogens is 442 g/mol. The molecule has 2 aliphatic rings. The largest absolute Gasteiger partial charge is 0.352 e. The zero-order valence-electron chi connectivity index (χ0n) is 20.6. The molecule has 7 heteroatoms. The number of urea groups is 1. The Bertz CT molecular complexity index is 1180. The van der Waals surface area contributed by atoms with Crippen molar-refractivity contribution in [2.75, 3.05) is 36.4 Å². The Kier molecular flexibility index (Phi) is 6.73. The van der Waals surface area contributed by atoms with Crippen LogP contribution < -0.4 is 10.2 Å². The Balaban J connectivity index is 1.36. The first-order chi connectivity index (χ1) is 16.6. The molecule has 34 heavy (non-hydrogen) atoms. The Morgan fingerprint density at radius 3 is 2.71 bits per heavy atom. The van der Waals surface area contributed by atoms with Gasteiger partial charge >= 0.3 is 6.03 Å². The number of anilines is 2. The maximum Gasteiger partial charge on any atom is 0.321 e. The Labute approximate surface area is 206 Å². The molecule has 1 saturated heterocycles. The van der Waals surface area contributed by atoms with Crippen LogP contribution in [0.15, 0.2) is 24.3 Å². The van der Waals surface area contributed by atoms with E-state index in [1.54, 1.807) is 0 Å². The molecule has 6 nitrogen and oxygen atoms in total. The number of aromatic nitrogens is 2. The summed E-state index contributed by atoms with van der Waals surface area (Å²) in [5.41, 5.74) is 3.56. The Hall–Kier alpha value is -2.67. The number of rotatable bonds is 5. The fraction of sp³-hybridized carbons (Fsp3) is 0.519. The van der Waals surface area contributed by atoms with E-state index in [1.807, 2.05) is 34.4 Å². The van der Waals surface area contributed by atoms with Crippen molar-refractivity contribution >= 4 is 39.1 Å². The monoisotopic (exact) mass is 477 g/mol. The molecule has 0 unspecified atom stereocenters. The summed E-state index contributed by atoms with van der Waals surface area (Å²) in [4.78, 5) is 30.0. The second kappa shape index (κ2) is 9.90. The summed E-state index contributed by atoms with van der Waals surface area (Å²) in [5, 5.41) is 4.41. The maximum atomic E-state index is 13.0. The number of piperazine rings is 1. The average molecular weight is 478 g/mol. The molecular formula is C27H35N5OS. The van der Waals surface area contributed by atoms with Crippen molar-refractivity contribution in [3.8, 4) is 0 Å². The van der Waals surface area contributed by atoms with E-state index in [0.29, 0.717) is 13.1 Å². The minimum absolute atomic E-state index is 0.0121. The van der Waals surface area contributed by atoms with Gasteiger partial charge in [-0.05, 0) is 55.2 Å². The van der Waals surface area contributed by atoms with Crippen molar-refractivity contribution in [1.82, 2.24) is 14.9 Å². The lowest BCUT2D eigenvalue weighted by atomic mass is 9.89. The van der Waals surface area contributed by atoms with Crippen molar-refractivity contribution in [2.24, 2.45) is 5.92 Å². The number of aryl methyl sites for hydroxylation is 3. The topological polar surface area (TPSA) is 61.4 Å². The molecule has 1 N–H and O–H groups in total. The van der Waals surface area contributed by atoms with Gasteiger partial charge in [0.15, 0.2) is 0 Å². The molecule has 5 rings (SSSR count). The highest BCUT2D eigenvalue weighted by atomic mass is 32.1. The minimum Gasteiger partial charge on any atom is -0.352 e. The fourth-order valence-corrected chi connectivity index (χ4v) is 6.59. The standard InChI is InChI=1S/C27H35N5OS/c1-4-8-23-29-25(24-20-12-11-18(3)17-22(20)34-26(24)30-23)31-13-15-32(16-14-31)27(33)28-21-10-7-6-9-19(21)5-2/h6-7,9-10,18H,4-5,8,11-17H2,1-3H3,(H,28,33)/t18-/m0/s1. The normalized spacial score (nSPS) is 18.3. The molecule has 1 aliphatic heterocycles. The lowest BCUT2D eigenvalue weighted by Crippen LogP contribution is -2.50. The minimum atomic E-state index is -0.0121. The van der Waals surface area contributed by atoms with Gasteiger partial charge in [0.25, 0.3) is 0 Å². The van der Waals surface area contributed by atoms with Crippen molar-refractivity contribution in [1.29, 1.82) is 0 Å². The van der Waals surface area contributed by atoms with E-state index in [2.05, 4.69) is 37.1 Å². The van der Waals surface area contributed by atoms with Crippen LogP contribution in [0.1, 0.15) is 55.4 Å². The first-order valence-electron chi connectivity index (χ1n) is 12.8. The molecule has 180 valence electrons. The molecule has 0 radical (unpaired) electrons. The van der Waals surface area contributed by atoms with E-state index in [0.717, 1.165) is 78.8 Å². The van der Waals surface area contributed by atoms with Gasteiger partial charge in [-0.1, -0.05) is 39.0 Å². The molecule has 0 spiro atoms. The van der Waals surface area contributed by atoms with Crippen LogP contribution in [0.5, 0.6) is 0 Å². The van der Waals surface area contributed by atoms with Crippen molar-refractivity contribution in [3.05, 3.63) is 46.1 Å². The summed E-state index contributed by atoms with van der Waals surface area (Å²) in [6.07, 6.45) is 6.37. The molecule has 0 saturated carbocycles. The molecule has 0 bridgehead atoms. The third-order valence-electron chi connectivity index (χ3n) is 7.16. The van der Waals surface area contributed by atoms with Crippen LogP contribution in [-0.4, -0.2) is 47.1 Å². The number of carbonyl (C=O) groups is 1. The second-order valence-electron chi connectivity index (χ2n) is 9.66. The smallest absolute Gasteiger partial charge is 0.321 e. The lowest BCUT2D eigenvalue weighted by molar-refractivity contribution is 0.208. The van der Waals surface area contributed by atoms with Gasteiger partial charge in [0, 0.05) is 43.2 Å².